The number of methoxy groups -OCH3 is 1. The highest BCUT2D eigenvalue weighted by Gasteiger charge is 2.18. The zero-order valence-corrected chi connectivity index (χ0v) is 10.4. The number of carbonyl (C=O) groups is 1. The number of rotatable bonds is 2. The second-order valence-corrected chi connectivity index (χ2v) is 4.26. The van der Waals surface area contributed by atoms with Crippen LogP contribution < -0.4 is 0 Å². The Bertz CT molecular complexity index is 355. The van der Waals surface area contributed by atoms with Crippen molar-refractivity contribution in [3.8, 4) is 0 Å². The molecule has 1 aromatic rings. The summed E-state index contributed by atoms with van der Waals surface area (Å²) >= 11 is 14.9. The van der Waals surface area contributed by atoms with Crippen molar-refractivity contribution in [3.05, 3.63) is 33.3 Å². The van der Waals surface area contributed by atoms with Crippen molar-refractivity contribution in [2.24, 2.45) is 0 Å². The molecule has 0 amide bonds. The average molecular weight is 298 g/mol. The molecule has 0 aliphatic heterocycles. The molecule has 0 aromatic heterocycles. The van der Waals surface area contributed by atoms with Gasteiger partial charge in [-0.25, -0.2) is 0 Å². The molecule has 0 aliphatic rings. The summed E-state index contributed by atoms with van der Waals surface area (Å²) in [6, 6.07) is 5.07. The van der Waals surface area contributed by atoms with Gasteiger partial charge in [0.2, 0.25) is 0 Å². The number of benzene rings is 1. The lowest BCUT2D eigenvalue weighted by molar-refractivity contribution is -0.140. The molecule has 0 bridgehead atoms. The maximum absolute atomic E-state index is 11.1. The van der Waals surface area contributed by atoms with Gasteiger partial charge in [0.15, 0.2) is 5.38 Å². The van der Waals surface area contributed by atoms with Crippen LogP contribution in [0.3, 0.4) is 0 Å². The lowest BCUT2D eigenvalue weighted by atomic mass is 10.1. The Morgan fingerprint density at radius 2 is 2.21 bits per heavy atom. The van der Waals surface area contributed by atoms with E-state index in [2.05, 4.69) is 20.7 Å². The van der Waals surface area contributed by atoms with E-state index in [9.17, 15) is 4.79 Å². The summed E-state index contributed by atoms with van der Waals surface area (Å²) in [5, 5.41) is -0.303. The van der Waals surface area contributed by atoms with Gasteiger partial charge in [0, 0.05) is 4.47 Å². The standard InChI is InChI=1S/C9H7BrCl2O2/c1-14-9(13)8(12)5-2-3-6(10)7(11)4-5/h2-4,8H,1H3. The second-order valence-electron chi connectivity index (χ2n) is 2.56. The van der Waals surface area contributed by atoms with Crippen LogP contribution in [0.15, 0.2) is 22.7 Å². The molecule has 14 heavy (non-hydrogen) atoms. The Morgan fingerprint density at radius 3 is 2.71 bits per heavy atom. The highest BCUT2D eigenvalue weighted by Crippen LogP contribution is 2.29. The summed E-state index contributed by atoms with van der Waals surface area (Å²) < 4.78 is 5.27. The van der Waals surface area contributed by atoms with Gasteiger partial charge in [-0.2, -0.15) is 0 Å². The maximum atomic E-state index is 11.1. The van der Waals surface area contributed by atoms with Gasteiger partial charge in [0.25, 0.3) is 0 Å². The summed E-state index contributed by atoms with van der Waals surface area (Å²) in [6.07, 6.45) is 0. The van der Waals surface area contributed by atoms with Gasteiger partial charge in [-0.3, -0.25) is 4.79 Å². The minimum absolute atomic E-state index is 0.495. The van der Waals surface area contributed by atoms with Gasteiger partial charge in [-0.05, 0) is 33.6 Å². The molecule has 0 N–H and O–H groups in total. The van der Waals surface area contributed by atoms with Crippen molar-refractivity contribution in [2.75, 3.05) is 7.11 Å². The zero-order valence-electron chi connectivity index (χ0n) is 7.26. The first-order chi connectivity index (χ1) is 6.56. The molecule has 0 radical (unpaired) electrons. The van der Waals surface area contributed by atoms with Crippen LogP contribution in [0.2, 0.25) is 5.02 Å². The molecule has 5 heteroatoms. The van der Waals surface area contributed by atoms with E-state index < -0.39 is 11.3 Å². The Labute approximate surface area is 100 Å². The third kappa shape index (κ3) is 2.62. The SMILES string of the molecule is COC(=O)C(Cl)c1ccc(Br)c(Cl)c1. The van der Waals surface area contributed by atoms with Crippen molar-refractivity contribution >= 4 is 45.1 Å². The van der Waals surface area contributed by atoms with E-state index in [1.54, 1.807) is 18.2 Å². The summed E-state index contributed by atoms with van der Waals surface area (Å²) in [5.74, 6) is -0.495. The van der Waals surface area contributed by atoms with Crippen LogP contribution in [-0.4, -0.2) is 13.1 Å². The molecule has 0 saturated carbocycles. The van der Waals surface area contributed by atoms with Crippen LogP contribution in [0, 0.1) is 0 Å². The van der Waals surface area contributed by atoms with E-state index >= 15 is 0 Å². The number of alkyl halides is 1. The normalized spacial score (nSPS) is 12.3. The molecule has 1 aromatic carbocycles. The highest BCUT2D eigenvalue weighted by atomic mass is 79.9. The third-order valence-electron chi connectivity index (χ3n) is 1.64. The van der Waals surface area contributed by atoms with Crippen molar-refractivity contribution < 1.29 is 9.53 Å². The summed E-state index contributed by atoms with van der Waals surface area (Å²) in [4.78, 5) is 11.1. The van der Waals surface area contributed by atoms with Crippen molar-refractivity contribution in [3.63, 3.8) is 0 Å². The van der Waals surface area contributed by atoms with Gasteiger partial charge >= 0.3 is 5.97 Å². The van der Waals surface area contributed by atoms with Gasteiger partial charge in [0.1, 0.15) is 0 Å². The predicted octanol–water partition coefficient (Wildman–Crippen LogP) is 3.56. The first kappa shape index (κ1) is 11.8. The first-order valence-corrected chi connectivity index (χ1v) is 5.34. The minimum atomic E-state index is -0.814. The second kappa shape index (κ2) is 5.01. The molecule has 0 saturated heterocycles. The average Bonchev–Trinajstić information content (AvgIpc) is 2.20. The van der Waals surface area contributed by atoms with Gasteiger partial charge in [-0.15, -0.1) is 11.6 Å². The topological polar surface area (TPSA) is 26.3 Å². The van der Waals surface area contributed by atoms with Crippen LogP contribution in [0.1, 0.15) is 10.9 Å². The molecule has 1 atom stereocenters. The number of ether oxygens (including phenoxy) is 1. The summed E-state index contributed by atoms with van der Waals surface area (Å²) in [5.41, 5.74) is 0.617. The van der Waals surface area contributed by atoms with Crippen molar-refractivity contribution in [1.82, 2.24) is 0 Å². The molecular formula is C9H7BrCl2O2. The van der Waals surface area contributed by atoms with E-state index in [0.29, 0.717) is 10.6 Å². The van der Waals surface area contributed by atoms with Gasteiger partial charge in [0.05, 0.1) is 12.1 Å². The van der Waals surface area contributed by atoms with E-state index in [0.717, 1.165) is 4.47 Å². The van der Waals surface area contributed by atoms with E-state index in [1.807, 2.05) is 0 Å². The number of hydrogen-bond donors (Lipinski definition) is 0. The van der Waals surface area contributed by atoms with E-state index in [-0.39, 0.29) is 0 Å². The molecule has 1 rings (SSSR count). The van der Waals surface area contributed by atoms with Crippen LogP contribution in [0.25, 0.3) is 0 Å². The Balaban J connectivity index is 2.96. The molecule has 0 aliphatic carbocycles. The molecular weight excluding hydrogens is 291 g/mol. The van der Waals surface area contributed by atoms with E-state index in [4.69, 9.17) is 23.2 Å². The fourth-order valence-corrected chi connectivity index (χ4v) is 1.57. The fourth-order valence-electron chi connectivity index (χ4n) is 0.910. The summed E-state index contributed by atoms with van der Waals surface area (Å²) in [6.45, 7) is 0. The van der Waals surface area contributed by atoms with Crippen LogP contribution in [0.4, 0.5) is 0 Å². The highest BCUT2D eigenvalue weighted by molar-refractivity contribution is 9.10. The Kier molecular flexibility index (Phi) is 4.23. The van der Waals surface area contributed by atoms with Crippen LogP contribution in [-0.2, 0) is 9.53 Å². The quantitative estimate of drug-likeness (QED) is 0.616. The number of esters is 1. The Morgan fingerprint density at radius 1 is 1.57 bits per heavy atom. The van der Waals surface area contributed by atoms with Gasteiger partial charge < -0.3 is 4.74 Å². The summed E-state index contributed by atoms with van der Waals surface area (Å²) in [7, 11) is 1.29. The third-order valence-corrected chi connectivity index (χ3v) is 3.31. The molecule has 0 spiro atoms. The molecule has 2 nitrogen and oxygen atoms in total. The van der Waals surface area contributed by atoms with Crippen LogP contribution in [0.5, 0.6) is 0 Å². The minimum Gasteiger partial charge on any atom is -0.468 e. The zero-order chi connectivity index (χ0) is 10.7. The monoisotopic (exact) mass is 296 g/mol. The van der Waals surface area contributed by atoms with Crippen molar-refractivity contribution in [2.45, 2.75) is 5.38 Å². The number of hydrogen-bond acceptors (Lipinski definition) is 2. The fraction of sp³-hybridized carbons (Fsp3) is 0.222. The number of halogens is 3. The van der Waals surface area contributed by atoms with Gasteiger partial charge in [-0.1, -0.05) is 17.7 Å². The lowest BCUT2D eigenvalue weighted by Gasteiger charge is -2.08. The molecule has 1 unspecified atom stereocenters. The predicted molar refractivity (Wildman–Crippen MR) is 59.8 cm³/mol. The molecule has 76 valence electrons. The maximum Gasteiger partial charge on any atom is 0.328 e. The molecule has 0 heterocycles. The molecule has 0 fully saturated rings. The lowest BCUT2D eigenvalue weighted by Crippen LogP contribution is -2.08. The Hall–Kier alpha value is -0.250. The number of carbonyl (C=O) groups excluding carboxylic acids is 1. The first-order valence-electron chi connectivity index (χ1n) is 3.73. The van der Waals surface area contributed by atoms with E-state index in [1.165, 1.54) is 7.11 Å². The van der Waals surface area contributed by atoms with Crippen LogP contribution >= 0.6 is 39.1 Å². The largest absolute Gasteiger partial charge is 0.468 e. The van der Waals surface area contributed by atoms with Crippen molar-refractivity contribution in [1.29, 1.82) is 0 Å². The smallest absolute Gasteiger partial charge is 0.328 e.